The molecule has 3 aromatic rings. The van der Waals surface area contributed by atoms with E-state index in [2.05, 4.69) is 25.3 Å². The molecule has 3 N–H and O–H groups in total. The molecule has 1 aromatic carbocycles. The average Bonchev–Trinajstić information content (AvgIpc) is 3.13. The highest BCUT2D eigenvalue weighted by molar-refractivity contribution is 5.93. The monoisotopic (exact) mass is 300 g/mol. The van der Waals surface area contributed by atoms with Gasteiger partial charge in [-0.25, -0.2) is 9.42 Å². The first-order valence-corrected chi connectivity index (χ1v) is 6.48. The van der Waals surface area contributed by atoms with Gasteiger partial charge >= 0.3 is 5.97 Å². The van der Waals surface area contributed by atoms with Crippen LogP contribution in [0, 0.1) is 0 Å². The molecule has 0 fully saturated rings. The standard InChI is InChI=1S/C13H12N6O3/c1-2-7-3-5-8(6-4-7)10-9(13(20)21)15-18-19(10)12-11(14)16-22-17-12/h3-6H,2H2,1H3,(H2,14,16)(H,20,21). The van der Waals surface area contributed by atoms with Crippen molar-refractivity contribution < 1.29 is 14.5 Å². The van der Waals surface area contributed by atoms with Gasteiger partial charge < -0.3 is 10.8 Å². The molecule has 3 rings (SSSR count). The van der Waals surface area contributed by atoms with Gasteiger partial charge in [-0.2, -0.15) is 4.68 Å². The molecule has 9 heteroatoms. The van der Waals surface area contributed by atoms with E-state index in [0.717, 1.165) is 12.0 Å². The number of benzene rings is 1. The van der Waals surface area contributed by atoms with Crippen molar-refractivity contribution >= 4 is 11.8 Å². The Labute approximate surface area is 124 Å². The summed E-state index contributed by atoms with van der Waals surface area (Å²) in [5.41, 5.74) is 7.46. The van der Waals surface area contributed by atoms with Crippen molar-refractivity contribution in [3.05, 3.63) is 35.5 Å². The Morgan fingerprint density at radius 2 is 2.05 bits per heavy atom. The molecule has 22 heavy (non-hydrogen) atoms. The van der Waals surface area contributed by atoms with Gasteiger partial charge in [0.25, 0.3) is 0 Å². The highest BCUT2D eigenvalue weighted by Gasteiger charge is 2.24. The second-order valence-corrected chi connectivity index (χ2v) is 4.53. The summed E-state index contributed by atoms with van der Waals surface area (Å²) in [5.74, 6) is -1.11. The average molecular weight is 300 g/mol. The third-order valence-corrected chi connectivity index (χ3v) is 3.20. The number of nitrogens with two attached hydrogens (primary N) is 1. The first kappa shape index (κ1) is 13.7. The smallest absolute Gasteiger partial charge is 0.358 e. The third-order valence-electron chi connectivity index (χ3n) is 3.20. The van der Waals surface area contributed by atoms with Crippen molar-refractivity contribution in [2.24, 2.45) is 0 Å². The fraction of sp³-hybridized carbons (Fsp3) is 0.154. The zero-order valence-corrected chi connectivity index (χ0v) is 11.6. The number of hydrogen-bond donors (Lipinski definition) is 2. The lowest BCUT2D eigenvalue weighted by Gasteiger charge is -2.05. The van der Waals surface area contributed by atoms with Crippen molar-refractivity contribution in [2.45, 2.75) is 13.3 Å². The summed E-state index contributed by atoms with van der Waals surface area (Å²) in [5, 5.41) is 23.9. The summed E-state index contributed by atoms with van der Waals surface area (Å²) in [4.78, 5) is 11.4. The Bertz CT molecular complexity index is 821. The van der Waals surface area contributed by atoms with E-state index in [4.69, 9.17) is 5.73 Å². The number of rotatable bonds is 4. The van der Waals surface area contributed by atoms with Gasteiger partial charge in [-0.05, 0) is 22.3 Å². The molecule has 2 heterocycles. The van der Waals surface area contributed by atoms with Crippen molar-refractivity contribution in [1.29, 1.82) is 0 Å². The van der Waals surface area contributed by atoms with Crippen LogP contribution in [-0.2, 0) is 6.42 Å². The molecule has 0 bridgehead atoms. The first-order valence-electron chi connectivity index (χ1n) is 6.48. The van der Waals surface area contributed by atoms with Gasteiger partial charge in [0.05, 0.1) is 0 Å². The summed E-state index contributed by atoms with van der Waals surface area (Å²) in [6.07, 6.45) is 0.879. The lowest BCUT2D eigenvalue weighted by Crippen LogP contribution is -2.05. The van der Waals surface area contributed by atoms with Crippen LogP contribution in [0.15, 0.2) is 28.9 Å². The van der Waals surface area contributed by atoms with Crippen LogP contribution in [-0.4, -0.2) is 36.4 Å². The fourth-order valence-corrected chi connectivity index (χ4v) is 2.07. The number of nitrogen functional groups attached to an aromatic ring is 1. The van der Waals surface area contributed by atoms with E-state index in [0.29, 0.717) is 5.56 Å². The zero-order valence-electron chi connectivity index (χ0n) is 11.6. The van der Waals surface area contributed by atoms with Crippen LogP contribution in [0.2, 0.25) is 0 Å². The molecule has 0 saturated carbocycles. The molecule has 0 unspecified atom stereocenters. The zero-order chi connectivity index (χ0) is 15.7. The number of aromatic nitrogens is 5. The topological polar surface area (TPSA) is 133 Å². The van der Waals surface area contributed by atoms with Gasteiger partial charge in [0, 0.05) is 5.56 Å². The lowest BCUT2D eigenvalue weighted by atomic mass is 10.1. The fourth-order valence-electron chi connectivity index (χ4n) is 2.07. The number of aryl methyl sites for hydroxylation is 1. The van der Waals surface area contributed by atoms with Crippen molar-refractivity contribution in [2.75, 3.05) is 5.73 Å². The number of anilines is 1. The Kier molecular flexibility index (Phi) is 3.30. The third kappa shape index (κ3) is 2.18. The normalized spacial score (nSPS) is 10.8. The van der Waals surface area contributed by atoms with Crippen LogP contribution in [0.4, 0.5) is 5.82 Å². The predicted octanol–water partition coefficient (Wildman–Crippen LogP) is 1.16. The molecule has 0 atom stereocenters. The minimum Gasteiger partial charge on any atom is -0.476 e. The molecule has 2 aromatic heterocycles. The predicted molar refractivity (Wildman–Crippen MR) is 75.4 cm³/mol. The molecule has 0 aliphatic heterocycles. The van der Waals surface area contributed by atoms with Gasteiger partial charge in [-0.15, -0.1) is 5.10 Å². The molecule has 9 nitrogen and oxygen atoms in total. The van der Waals surface area contributed by atoms with E-state index < -0.39 is 5.97 Å². The van der Waals surface area contributed by atoms with Gasteiger partial charge in [-0.1, -0.05) is 36.4 Å². The number of hydrogen-bond acceptors (Lipinski definition) is 7. The van der Waals surface area contributed by atoms with Crippen LogP contribution in [0.5, 0.6) is 0 Å². The number of carboxylic acid groups (broad SMARTS) is 1. The maximum Gasteiger partial charge on any atom is 0.358 e. The van der Waals surface area contributed by atoms with Crippen LogP contribution in [0.3, 0.4) is 0 Å². The van der Waals surface area contributed by atoms with Gasteiger partial charge in [0.1, 0.15) is 5.69 Å². The van der Waals surface area contributed by atoms with Crippen molar-refractivity contribution in [3.8, 4) is 17.1 Å². The largest absolute Gasteiger partial charge is 0.476 e. The molecule has 0 amide bonds. The van der Waals surface area contributed by atoms with E-state index in [-0.39, 0.29) is 23.0 Å². The highest BCUT2D eigenvalue weighted by Crippen LogP contribution is 2.26. The molecule has 0 aliphatic rings. The number of nitrogens with zero attached hydrogens (tertiary/aromatic N) is 5. The quantitative estimate of drug-likeness (QED) is 0.733. The van der Waals surface area contributed by atoms with Crippen molar-refractivity contribution in [1.82, 2.24) is 25.3 Å². The Balaban J connectivity index is 2.21. The van der Waals surface area contributed by atoms with Gasteiger partial charge in [0.2, 0.25) is 11.6 Å². The summed E-state index contributed by atoms with van der Waals surface area (Å²) in [6.45, 7) is 2.03. The number of aromatic carboxylic acids is 1. The van der Waals surface area contributed by atoms with Gasteiger partial charge in [0.15, 0.2) is 5.69 Å². The Morgan fingerprint density at radius 3 is 2.59 bits per heavy atom. The highest BCUT2D eigenvalue weighted by atomic mass is 16.6. The van der Waals surface area contributed by atoms with E-state index >= 15 is 0 Å². The lowest BCUT2D eigenvalue weighted by molar-refractivity contribution is 0.0691. The van der Waals surface area contributed by atoms with Crippen LogP contribution in [0.1, 0.15) is 23.0 Å². The van der Waals surface area contributed by atoms with Crippen LogP contribution < -0.4 is 5.73 Å². The minimum atomic E-state index is -1.20. The van der Waals surface area contributed by atoms with Gasteiger partial charge in [-0.3, -0.25) is 0 Å². The van der Waals surface area contributed by atoms with Crippen LogP contribution in [0.25, 0.3) is 17.1 Å². The second-order valence-electron chi connectivity index (χ2n) is 4.53. The van der Waals surface area contributed by atoms with Crippen LogP contribution >= 0.6 is 0 Å². The van der Waals surface area contributed by atoms with E-state index in [9.17, 15) is 9.90 Å². The molecular formula is C13H12N6O3. The summed E-state index contributed by atoms with van der Waals surface area (Å²) in [7, 11) is 0. The maximum atomic E-state index is 11.4. The molecule has 112 valence electrons. The maximum absolute atomic E-state index is 11.4. The number of carboxylic acids is 1. The minimum absolute atomic E-state index is 0.00623. The molecular weight excluding hydrogens is 288 g/mol. The van der Waals surface area contributed by atoms with Crippen molar-refractivity contribution in [3.63, 3.8) is 0 Å². The first-order chi connectivity index (χ1) is 10.6. The molecule has 0 saturated heterocycles. The summed E-state index contributed by atoms with van der Waals surface area (Å²) >= 11 is 0. The molecule has 0 aliphatic carbocycles. The SMILES string of the molecule is CCc1ccc(-c2c(C(=O)O)nnn2-c2nonc2N)cc1. The Hall–Kier alpha value is -3.23. The van der Waals surface area contributed by atoms with E-state index in [1.54, 1.807) is 12.1 Å². The van der Waals surface area contributed by atoms with E-state index in [1.807, 2.05) is 19.1 Å². The number of carbonyl (C=O) groups is 1. The molecule has 0 spiro atoms. The summed E-state index contributed by atoms with van der Waals surface area (Å²) < 4.78 is 5.74. The molecule has 0 radical (unpaired) electrons. The second kappa shape index (κ2) is 5.28. The van der Waals surface area contributed by atoms with E-state index in [1.165, 1.54) is 4.68 Å². The summed E-state index contributed by atoms with van der Waals surface area (Å²) in [6, 6.07) is 7.40. The Morgan fingerprint density at radius 1 is 1.32 bits per heavy atom.